The third-order valence-electron chi connectivity index (χ3n) is 3.29. The van der Waals surface area contributed by atoms with Crippen molar-refractivity contribution in [3.05, 3.63) is 59.0 Å². The van der Waals surface area contributed by atoms with Crippen LogP contribution in [-0.2, 0) is 6.54 Å². The first-order valence-electron chi connectivity index (χ1n) is 6.77. The number of nitrogens with two attached hydrogens (primary N) is 1. The third-order valence-corrected chi connectivity index (χ3v) is 3.52. The molecule has 21 heavy (non-hydrogen) atoms. The fourth-order valence-corrected chi connectivity index (χ4v) is 2.31. The molecule has 0 aliphatic rings. The zero-order chi connectivity index (χ0) is 15.4. The maximum atomic E-state index is 10.3. The van der Waals surface area contributed by atoms with Gasteiger partial charge in [-0.25, -0.2) is 0 Å². The predicted octanol–water partition coefficient (Wildman–Crippen LogP) is 2.39. The molecule has 1 unspecified atom stereocenters. The number of hydrogen-bond donors (Lipinski definition) is 2. The van der Waals surface area contributed by atoms with Crippen LogP contribution in [0.1, 0.15) is 28.8 Å². The van der Waals surface area contributed by atoms with Crippen LogP contribution in [0.5, 0.6) is 0 Å². The average Bonchev–Trinajstić information content (AvgIpc) is 2.83. The molecule has 0 bridgehead atoms. The van der Waals surface area contributed by atoms with Gasteiger partial charge in [0.1, 0.15) is 16.5 Å². The van der Waals surface area contributed by atoms with Crippen LogP contribution < -0.4 is 5.73 Å². The van der Waals surface area contributed by atoms with E-state index in [0.717, 1.165) is 22.6 Å². The van der Waals surface area contributed by atoms with Crippen LogP contribution in [0.2, 0.25) is 0 Å². The Morgan fingerprint density at radius 3 is 2.48 bits per heavy atom. The van der Waals surface area contributed by atoms with Crippen molar-refractivity contribution in [2.45, 2.75) is 19.6 Å². The molecule has 1 aromatic carbocycles. The number of nitrogens with zero attached hydrogens (tertiary/aromatic N) is 1. The molecule has 1 aromatic heterocycles. The topological polar surface area (TPSA) is 62.6 Å². The fraction of sp³-hybridized carbons (Fsp3) is 0.312. The lowest BCUT2D eigenvalue weighted by Gasteiger charge is -2.20. The van der Waals surface area contributed by atoms with Crippen LogP contribution in [0.25, 0.3) is 0 Å². The second kappa shape index (κ2) is 6.85. The molecule has 1 atom stereocenters. The Labute approximate surface area is 130 Å². The lowest BCUT2D eigenvalue weighted by Crippen LogP contribution is -2.24. The van der Waals surface area contributed by atoms with Crippen molar-refractivity contribution in [3.8, 4) is 0 Å². The molecule has 3 N–H and O–H groups in total. The van der Waals surface area contributed by atoms with E-state index in [4.69, 9.17) is 22.4 Å². The lowest BCUT2D eigenvalue weighted by atomic mass is 10.1. The quantitative estimate of drug-likeness (QED) is 0.802. The zero-order valence-corrected chi connectivity index (χ0v) is 13.1. The van der Waals surface area contributed by atoms with Crippen LogP contribution in [0.4, 0.5) is 0 Å². The van der Waals surface area contributed by atoms with E-state index in [1.807, 2.05) is 55.3 Å². The number of aryl methyl sites for hydroxylation is 1. The normalized spacial score (nSPS) is 12.6. The number of furan rings is 1. The summed E-state index contributed by atoms with van der Waals surface area (Å²) in [6, 6.07) is 11.3. The summed E-state index contributed by atoms with van der Waals surface area (Å²) in [5.74, 6) is 1.79. The van der Waals surface area contributed by atoms with Gasteiger partial charge >= 0.3 is 0 Å². The van der Waals surface area contributed by atoms with Gasteiger partial charge in [-0.2, -0.15) is 0 Å². The summed E-state index contributed by atoms with van der Waals surface area (Å²) in [5, 5.41) is 10.3. The molecular formula is C16H20N2O2S. The van der Waals surface area contributed by atoms with Gasteiger partial charge in [0.15, 0.2) is 0 Å². The summed E-state index contributed by atoms with van der Waals surface area (Å²) >= 11 is 4.91. The van der Waals surface area contributed by atoms with E-state index in [1.165, 1.54) is 0 Å². The molecule has 0 saturated heterocycles. The van der Waals surface area contributed by atoms with Gasteiger partial charge in [-0.05, 0) is 31.7 Å². The maximum absolute atomic E-state index is 10.3. The molecule has 112 valence electrons. The Kier molecular flexibility index (Phi) is 5.12. The van der Waals surface area contributed by atoms with Crippen molar-refractivity contribution in [2.75, 3.05) is 13.6 Å². The first kappa shape index (κ1) is 15.7. The van der Waals surface area contributed by atoms with Crippen LogP contribution in [0.15, 0.2) is 40.8 Å². The minimum atomic E-state index is -0.563. The van der Waals surface area contributed by atoms with E-state index in [9.17, 15) is 5.11 Å². The van der Waals surface area contributed by atoms with E-state index in [2.05, 4.69) is 0 Å². The number of rotatable bonds is 6. The molecule has 2 aromatic rings. The molecule has 2 rings (SSSR count). The number of aliphatic hydroxyl groups is 1. The molecular weight excluding hydrogens is 284 g/mol. The van der Waals surface area contributed by atoms with Crippen LogP contribution >= 0.6 is 12.2 Å². The summed E-state index contributed by atoms with van der Waals surface area (Å²) in [6.45, 7) is 3.10. The maximum Gasteiger partial charge on any atom is 0.118 e. The molecule has 0 saturated carbocycles. The molecule has 0 aliphatic heterocycles. The Morgan fingerprint density at radius 1 is 1.29 bits per heavy atom. The monoisotopic (exact) mass is 304 g/mol. The Morgan fingerprint density at radius 2 is 1.95 bits per heavy atom. The number of benzene rings is 1. The summed E-state index contributed by atoms with van der Waals surface area (Å²) in [6.07, 6.45) is -0.563. The van der Waals surface area contributed by atoms with Crippen molar-refractivity contribution in [2.24, 2.45) is 5.73 Å². The second-order valence-corrected chi connectivity index (χ2v) is 5.65. The Bertz CT molecular complexity index is 607. The van der Waals surface area contributed by atoms with E-state index < -0.39 is 6.10 Å². The Hall–Kier alpha value is -1.69. The lowest BCUT2D eigenvalue weighted by molar-refractivity contribution is 0.120. The molecule has 1 heterocycles. The van der Waals surface area contributed by atoms with Crippen molar-refractivity contribution >= 4 is 17.2 Å². The standard InChI is InChI=1S/C16H20N2O2S/c1-11-3-8-14(20-11)9-18(2)10-15(19)12-4-6-13(7-5-12)16(17)21/h3-8,15,19H,9-10H2,1-2H3,(H2,17,21). The van der Waals surface area contributed by atoms with Crippen LogP contribution in [-0.4, -0.2) is 28.6 Å². The van der Waals surface area contributed by atoms with Gasteiger partial charge in [0.05, 0.1) is 12.6 Å². The average molecular weight is 304 g/mol. The molecule has 0 amide bonds. The highest BCUT2D eigenvalue weighted by Crippen LogP contribution is 2.16. The second-order valence-electron chi connectivity index (χ2n) is 5.21. The zero-order valence-electron chi connectivity index (χ0n) is 12.2. The first-order chi connectivity index (χ1) is 9.95. The van der Waals surface area contributed by atoms with Gasteiger partial charge in [-0.15, -0.1) is 0 Å². The third kappa shape index (κ3) is 4.39. The summed E-state index contributed by atoms with van der Waals surface area (Å²) in [5.41, 5.74) is 7.21. The molecule has 0 aliphatic carbocycles. The van der Waals surface area contributed by atoms with E-state index in [-0.39, 0.29) is 0 Å². The van der Waals surface area contributed by atoms with Gasteiger partial charge in [0.25, 0.3) is 0 Å². The highest BCUT2D eigenvalue weighted by atomic mass is 32.1. The van der Waals surface area contributed by atoms with Crippen molar-refractivity contribution in [1.82, 2.24) is 4.90 Å². The number of hydrogen-bond acceptors (Lipinski definition) is 4. The van der Waals surface area contributed by atoms with Crippen molar-refractivity contribution in [3.63, 3.8) is 0 Å². The van der Waals surface area contributed by atoms with E-state index in [0.29, 0.717) is 18.1 Å². The van der Waals surface area contributed by atoms with Crippen molar-refractivity contribution in [1.29, 1.82) is 0 Å². The minimum absolute atomic E-state index is 0.362. The number of thiocarbonyl (C=S) groups is 1. The summed E-state index contributed by atoms with van der Waals surface area (Å²) in [7, 11) is 1.95. The highest BCUT2D eigenvalue weighted by Gasteiger charge is 2.12. The van der Waals surface area contributed by atoms with Gasteiger partial charge < -0.3 is 15.3 Å². The fourth-order valence-electron chi connectivity index (χ4n) is 2.17. The van der Waals surface area contributed by atoms with Gasteiger partial charge in [-0.1, -0.05) is 36.5 Å². The van der Waals surface area contributed by atoms with Gasteiger partial charge in [0.2, 0.25) is 0 Å². The summed E-state index contributed by atoms with van der Waals surface area (Å²) < 4.78 is 5.53. The number of likely N-dealkylation sites (N-methyl/N-ethyl adjacent to an activating group) is 1. The molecule has 0 spiro atoms. The highest BCUT2D eigenvalue weighted by molar-refractivity contribution is 7.80. The van der Waals surface area contributed by atoms with E-state index >= 15 is 0 Å². The molecule has 4 nitrogen and oxygen atoms in total. The van der Waals surface area contributed by atoms with Crippen LogP contribution in [0, 0.1) is 6.92 Å². The smallest absolute Gasteiger partial charge is 0.118 e. The van der Waals surface area contributed by atoms with Gasteiger partial charge in [-0.3, -0.25) is 4.90 Å². The first-order valence-corrected chi connectivity index (χ1v) is 7.18. The number of aliphatic hydroxyl groups excluding tert-OH is 1. The summed E-state index contributed by atoms with van der Waals surface area (Å²) in [4.78, 5) is 2.38. The SMILES string of the molecule is Cc1ccc(CN(C)CC(O)c2ccc(C(N)=S)cc2)o1. The molecule has 0 fully saturated rings. The minimum Gasteiger partial charge on any atom is -0.465 e. The molecule has 5 heteroatoms. The largest absolute Gasteiger partial charge is 0.465 e. The predicted molar refractivity (Wildman–Crippen MR) is 87.1 cm³/mol. The Balaban J connectivity index is 1.93. The molecule has 0 radical (unpaired) electrons. The van der Waals surface area contributed by atoms with Crippen LogP contribution in [0.3, 0.4) is 0 Å². The van der Waals surface area contributed by atoms with E-state index in [1.54, 1.807) is 0 Å². The van der Waals surface area contributed by atoms with Crippen molar-refractivity contribution < 1.29 is 9.52 Å². The van der Waals surface area contributed by atoms with Gasteiger partial charge in [0, 0.05) is 12.1 Å².